The fourth-order valence-corrected chi connectivity index (χ4v) is 2.05. The minimum Gasteiger partial charge on any atom is -0.299 e. The molecule has 1 nitrogen and oxygen atoms in total. The second-order valence-corrected chi connectivity index (χ2v) is 4.86. The molecule has 0 aliphatic heterocycles. The average molecular weight is 224 g/mol. The van der Waals surface area contributed by atoms with E-state index < -0.39 is 0 Å². The summed E-state index contributed by atoms with van der Waals surface area (Å²) in [6.07, 6.45) is 9.43. The van der Waals surface area contributed by atoms with Gasteiger partial charge in [-0.15, -0.1) is 0 Å². The third kappa shape index (κ3) is 7.67. The van der Waals surface area contributed by atoms with E-state index in [9.17, 15) is 4.79 Å². The van der Waals surface area contributed by atoms with Crippen LogP contribution in [0.4, 0.5) is 0 Å². The Hall–Kier alpha value is -0.590. The Labute approximate surface area is 101 Å². The molecule has 0 bridgehead atoms. The molecule has 0 radical (unpaired) electrons. The summed E-state index contributed by atoms with van der Waals surface area (Å²) in [5.41, 5.74) is 1.33. The van der Waals surface area contributed by atoms with Gasteiger partial charge in [-0.05, 0) is 25.7 Å². The van der Waals surface area contributed by atoms with Crippen molar-refractivity contribution in [2.24, 2.45) is 5.92 Å². The molecule has 0 saturated heterocycles. The Morgan fingerprint density at radius 2 is 1.94 bits per heavy atom. The molecule has 94 valence electrons. The first-order valence-corrected chi connectivity index (χ1v) is 6.79. The van der Waals surface area contributed by atoms with Crippen LogP contribution in [-0.4, -0.2) is 5.78 Å². The molecule has 16 heavy (non-hydrogen) atoms. The summed E-state index contributed by atoms with van der Waals surface area (Å²) < 4.78 is 0. The van der Waals surface area contributed by atoms with E-state index in [4.69, 9.17) is 0 Å². The van der Waals surface area contributed by atoms with Gasteiger partial charge in [0.05, 0.1) is 0 Å². The predicted octanol–water partition coefficient (Wildman–Crippen LogP) is 4.91. The maximum atomic E-state index is 11.8. The molecule has 0 spiro atoms. The molecule has 0 N–H and O–H groups in total. The highest BCUT2D eigenvalue weighted by Crippen LogP contribution is 2.17. The molecule has 0 aromatic heterocycles. The number of unbranched alkanes of at least 4 members (excludes halogenated alkanes) is 1. The van der Waals surface area contributed by atoms with E-state index >= 15 is 0 Å². The fourth-order valence-electron chi connectivity index (χ4n) is 2.05. The lowest BCUT2D eigenvalue weighted by Crippen LogP contribution is -2.06. The molecule has 1 atom stereocenters. The van der Waals surface area contributed by atoms with Gasteiger partial charge >= 0.3 is 0 Å². The number of Topliss-reactive ketones (excluding diaryl/α,β-unsaturated/α-hetero) is 1. The number of allylic oxidation sites excluding steroid dienone is 2. The van der Waals surface area contributed by atoms with Crippen molar-refractivity contribution in [1.82, 2.24) is 0 Å². The van der Waals surface area contributed by atoms with E-state index in [-0.39, 0.29) is 0 Å². The van der Waals surface area contributed by atoms with Crippen LogP contribution in [0.15, 0.2) is 11.6 Å². The Morgan fingerprint density at radius 3 is 2.44 bits per heavy atom. The molecule has 0 saturated carbocycles. The van der Waals surface area contributed by atoms with Crippen LogP contribution in [0.25, 0.3) is 0 Å². The van der Waals surface area contributed by atoms with Gasteiger partial charge in [-0.2, -0.15) is 0 Å². The minimum absolute atomic E-state index is 0.421. The highest BCUT2D eigenvalue weighted by molar-refractivity contribution is 5.80. The number of hydrogen-bond acceptors (Lipinski definition) is 1. The molecular weight excluding hydrogens is 196 g/mol. The number of rotatable bonds is 9. The number of carbonyl (C=O) groups is 1. The molecule has 0 rings (SSSR count). The van der Waals surface area contributed by atoms with Crippen LogP contribution in [0.2, 0.25) is 0 Å². The van der Waals surface area contributed by atoms with Crippen molar-refractivity contribution in [3.05, 3.63) is 11.6 Å². The number of ketones is 1. The minimum atomic E-state index is 0.421. The van der Waals surface area contributed by atoms with E-state index in [2.05, 4.69) is 26.8 Å². The molecule has 0 aromatic carbocycles. The third-order valence-electron chi connectivity index (χ3n) is 3.04. The summed E-state index contributed by atoms with van der Waals surface area (Å²) in [5, 5.41) is 0. The third-order valence-corrected chi connectivity index (χ3v) is 3.04. The van der Waals surface area contributed by atoms with Crippen molar-refractivity contribution >= 4 is 5.78 Å². The van der Waals surface area contributed by atoms with E-state index in [1.807, 2.05) is 6.92 Å². The first-order valence-electron chi connectivity index (χ1n) is 6.79. The maximum absolute atomic E-state index is 11.8. The molecule has 0 fully saturated rings. The topological polar surface area (TPSA) is 17.1 Å². The van der Waals surface area contributed by atoms with Gasteiger partial charge in [-0.3, -0.25) is 4.79 Å². The second-order valence-electron chi connectivity index (χ2n) is 4.86. The summed E-state index contributed by atoms with van der Waals surface area (Å²) in [6.45, 7) is 8.61. The molecule has 0 amide bonds. The van der Waals surface area contributed by atoms with E-state index in [1.54, 1.807) is 0 Å². The number of hydrogen-bond donors (Lipinski definition) is 0. The van der Waals surface area contributed by atoms with Crippen molar-refractivity contribution in [3.63, 3.8) is 0 Å². The summed E-state index contributed by atoms with van der Waals surface area (Å²) in [4.78, 5) is 11.8. The summed E-state index contributed by atoms with van der Waals surface area (Å²) in [5.74, 6) is 0.979. The van der Waals surface area contributed by atoms with Crippen molar-refractivity contribution < 1.29 is 4.79 Å². The van der Waals surface area contributed by atoms with Crippen LogP contribution in [0.1, 0.15) is 72.6 Å². The SMILES string of the molecule is C/C=C(\CCCC)CC(=O)CC(C)CCC. The predicted molar refractivity (Wildman–Crippen MR) is 71.6 cm³/mol. The molecular formula is C15H28O. The fraction of sp³-hybridized carbons (Fsp3) is 0.800. The second kappa shape index (κ2) is 9.62. The maximum Gasteiger partial charge on any atom is 0.137 e. The van der Waals surface area contributed by atoms with Crippen molar-refractivity contribution in [3.8, 4) is 0 Å². The van der Waals surface area contributed by atoms with Gasteiger partial charge in [0.25, 0.3) is 0 Å². The van der Waals surface area contributed by atoms with Crippen LogP contribution in [0.5, 0.6) is 0 Å². The van der Waals surface area contributed by atoms with Crippen LogP contribution in [0, 0.1) is 5.92 Å². The molecule has 0 aromatic rings. The quantitative estimate of drug-likeness (QED) is 0.509. The summed E-state index contributed by atoms with van der Waals surface area (Å²) >= 11 is 0. The first-order chi connectivity index (χ1) is 7.63. The highest BCUT2D eigenvalue weighted by Gasteiger charge is 2.10. The lowest BCUT2D eigenvalue weighted by atomic mass is 9.95. The Bertz CT molecular complexity index is 215. The zero-order chi connectivity index (χ0) is 12.4. The highest BCUT2D eigenvalue weighted by atomic mass is 16.1. The molecule has 0 aliphatic carbocycles. The van der Waals surface area contributed by atoms with Crippen molar-refractivity contribution in [2.75, 3.05) is 0 Å². The van der Waals surface area contributed by atoms with Crippen LogP contribution in [-0.2, 0) is 4.79 Å². The zero-order valence-corrected chi connectivity index (χ0v) is 11.5. The Balaban J connectivity index is 3.92. The van der Waals surface area contributed by atoms with Crippen LogP contribution < -0.4 is 0 Å². The normalized spacial score (nSPS) is 13.9. The molecule has 0 heterocycles. The van der Waals surface area contributed by atoms with Crippen LogP contribution >= 0.6 is 0 Å². The molecule has 0 aliphatic rings. The smallest absolute Gasteiger partial charge is 0.137 e. The molecule has 1 unspecified atom stereocenters. The Morgan fingerprint density at radius 1 is 1.25 bits per heavy atom. The van der Waals surface area contributed by atoms with Gasteiger partial charge in [0.15, 0.2) is 0 Å². The van der Waals surface area contributed by atoms with Crippen molar-refractivity contribution in [1.29, 1.82) is 0 Å². The zero-order valence-electron chi connectivity index (χ0n) is 11.5. The molecule has 1 heteroatoms. The largest absolute Gasteiger partial charge is 0.299 e. The van der Waals surface area contributed by atoms with E-state index in [0.29, 0.717) is 18.1 Å². The van der Waals surface area contributed by atoms with Gasteiger partial charge in [-0.1, -0.05) is 51.7 Å². The van der Waals surface area contributed by atoms with E-state index in [1.165, 1.54) is 31.3 Å². The monoisotopic (exact) mass is 224 g/mol. The van der Waals surface area contributed by atoms with E-state index in [0.717, 1.165) is 12.8 Å². The summed E-state index contributed by atoms with van der Waals surface area (Å²) in [6, 6.07) is 0. The number of carbonyl (C=O) groups excluding carboxylic acids is 1. The van der Waals surface area contributed by atoms with Gasteiger partial charge in [-0.25, -0.2) is 0 Å². The standard InChI is InChI=1S/C15H28O/c1-5-8-10-14(7-3)12-15(16)11-13(4)9-6-2/h7,13H,5-6,8-12H2,1-4H3/b14-7+. The van der Waals surface area contributed by atoms with Gasteiger partial charge < -0.3 is 0 Å². The first kappa shape index (κ1) is 15.4. The summed E-state index contributed by atoms with van der Waals surface area (Å²) in [7, 11) is 0. The average Bonchev–Trinajstić information content (AvgIpc) is 2.24. The lowest BCUT2D eigenvalue weighted by molar-refractivity contribution is -0.119. The van der Waals surface area contributed by atoms with Gasteiger partial charge in [0, 0.05) is 12.8 Å². The van der Waals surface area contributed by atoms with Gasteiger partial charge in [0.1, 0.15) is 5.78 Å². The Kier molecular flexibility index (Phi) is 9.27. The van der Waals surface area contributed by atoms with Crippen LogP contribution in [0.3, 0.4) is 0 Å². The van der Waals surface area contributed by atoms with Crippen molar-refractivity contribution in [2.45, 2.75) is 72.6 Å². The van der Waals surface area contributed by atoms with Gasteiger partial charge in [0.2, 0.25) is 0 Å². The lowest BCUT2D eigenvalue weighted by Gasteiger charge is -2.10.